The Morgan fingerprint density at radius 3 is 2.32 bits per heavy atom. The van der Waals surface area contributed by atoms with Crippen LogP contribution >= 0.6 is 23.2 Å². The summed E-state index contributed by atoms with van der Waals surface area (Å²) in [7, 11) is 0. The van der Waals surface area contributed by atoms with Crippen LogP contribution in [0.4, 0.5) is 9.59 Å². The number of likely N-dealkylation sites (tertiary alicyclic amines) is 1. The number of rotatable bonds is 6. The third-order valence-electron chi connectivity index (χ3n) is 4.67. The molecule has 3 amide bonds. The predicted molar refractivity (Wildman–Crippen MR) is 116 cm³/mol. The first kappa shape index (κ1) is 25.0. The summed E-state index contributed by atoms with van der Waals surface area (Å²) in [6.07, 6.45) is 0.970. The Morgan fingerprint density at radius 1 is 1.23 bits per heavy atom. The Hall–Kier alpha value is -2.26. The van der Waals surface area contributed by atoms with Gasteiger partial charge in [-0.1, -0.05) is 23.2 Å². The van der Waals surface area contributed by atoms with E-state index in [1.807, 2.05) is 0 Å². The highest BCUT2D eigenvalue weighted by molar-refractivity contribution is 6.32. The number of primary amides is 1. The average molecular weight is 475 g/mol. The number of nitrogens with two attached hydrogens (primary N) is 1. The minimum Gasteiger partial charge on any atom is -0.459 e. The number of pyridine rings is 1. The maximum atomic E-state index is 12.8. The number of hydrogen-bond acceptors (Lipinski definition) is 6. The standard InChI is InChI=1S/C20H28Cl2N4O5/c1-20(2,3)31-19(29)24-14(8-12-4-6-26(7-5-12)18(23)28)17(27)30-11-13-9-15(21)25-16(22)10-13/h9-10,12,14H,4-8,11H2,1-3H3,(H2,23,28)(H,24,29)/t14-/m0/s1. The van der Waals surface area contributed by atoms with Gasteiger partial charge in [-0.3, -0.25) is 0 Å². The summed E-state index contributed by atoms with van der Waals surface area (Å²) < 4.78 is 10.7. The van der Waals surface area contributed by atoms with E-state index in [2.05, 4.69) is 10.3 Å². The molecule has 1 aliphatic rings. The number of alkyl carbamates (subject to hydrolysis) is 1. The highest BCUT2D eigenvalue weighted by Gasteiger charge is 2.30. The molecule has 9 nitrogen and oxygen atoms in total. The number of urea groups is 1. The summed E-state index contributed by atoms with van der Waals surface area (Å²) in [5.41, 5.74) is 5.18. The van der Waals surface area contributed by atoms with Crippen LogP contribution in [0, 0.1) is 5.92 Å². The van der Waals surface area contributed by atoms with Gasteiger partial charge < -0.3 is 25.4 Å². The number of hydrogen-bond donors (Lipinski definition) is 2. The van der Waals surface area contributed by atoms with Gasteiger partial charge in [0.25, 0.3) is 0 Å². The first-order chi connectivity index (χ1) is 14.4. The van der Waals surface area contributed by atoms with Gasteiger partial charge >= 0.3 is 18.1 Å². The molecule has 11 heteroatoms. The third-order valence-corrected chi connectivity index (χ3v) is 5.06. The van der Waals surface area contributed by atoms with Crippen LogP contribution in [0.3, 0.4) is 0 Å². The Labute approximate surface area is 191 Å². The average Bonchev–Trinajstić information content (AvgIpc) is 2.63. The van der Waals surface area contributed by atoms with Crippen molar-refractivity contribution >= 4 is 41.3 Å². The van der Waals surface area contributed by atoms with E-state index in [1.165, 1.54) is 12.1 Å². The maximum absolute atomic E-state index is 12.8. The second-order valence-corrected chi connectivity index (χ2v) is 9.21. The second kappa shape index (κ2) is 10.9. The number of aromatic nitrogens is 1. The molecule has 1 atom stereocenters. The van der Waals surface area contributed by atoms with Crippen LogP contribution < -0.4 is 11.1 Å². The van der Waals surface area contributed by atoms with Crippen molar-refractivity contribution in [2.75, 3.05) is 13.1 Å². The fourth-order valence-electron chi connectivity index (χ4n) is 3.24. The van der Waals surface area contributed by atoms with Crippen molar-refractivity contribution in [1.29, 1.82) is 0 Å². The number of esters is 1. The van der Waals surface area contributed by atoms with E-state index in [1.54, 1.807) is 25.7 Å². The van der Waals surface area contributed by atoms with Crippen molar-refractivity contribution < 1.29 is 23.9 Å². The zero-order chi connectivity index (χ0) is 23.2. The van der Waals surface area contributed by atoms with Gasteiger partial charge in [-0.05, 0) is 63.6 Å². The molecule has 2 heterocycles. The van der Waals surface area contributed by atoms with Crippen LogP contribution in [0.5, 0.6) is 0 Å². The van der Waals surface area contributed by atoms with Crippen LogP contribution in [0.25, 0.3) is 0 Å². The lowest BCUT2D eigenvalue weighted by molar-refractivity contribution is -0.148. The lowest BCUT2D eigenvalue weighted by atomic mass is 9.90. The summed E-state index contributed by atoms with van der Waals surface area (Å²) in [4.78, 5) is 41.8. The molecular weight excluding hydrogens is 447 g/mol. The van der Waals surface area contributed by atoms with Gasteiger partial charge in [0.2, 0.25) is 0 Å². The summed E-state index contributed by atoms with van der Waals surface area (Å²) in [6, 6.07) is 1.70. The van der Waals surface area contributed by atoms with E-state index in [-0.39, 0.29) is 22.8 Å². The molecular formula is C20H28Cl2N4O5. The number of halogens is 2. The molecule has 0 unspecified atom stereocenters. The molecule has 0 spiro atoms. The molecule has 1 saturated heterocycles. The molecule has 0 radical (unpaired) electrons. The van der Waals surface area contributed by atoms with E-state index < -0.39 is 29.7 Å². The van der Waals surface area contributed by atoms with Crippen molar-refractivity contribution in [2.45, 2.75) is 58.3 Å². The van der Waals surface area contributed by atoms with Crippen molar-refractivity contribution in [3.63, 3.8) is 0 Å². The SMILES string of the molecule is CC(C)(C)OC(=O)N[C@@H](CC1CCN(C(N)=O)CC1)C(=O)OCc1cc(Cl)nc(Cl)c1. The topological polar surface area (TPSA) is 124 Å². The van der Waals surface area contributed by atoms with E-state index >= 15 is 0 Å². The van der Waals surface area contributed by atoms with Gasteiger partial charge in [0.05, 0.1) is 0 Å². The number of amides is 3. The van der Waals surface area contributed by atoms with Crippen molar-refractivity contribution in [3.8, 4) is 0 Å². The van der Waals surface area contributed by atoms with Gasteiger partial charge in [0.1, 0.15) is 28.6 Å². The number of nitrogens with one attached hydrogen (secondary N) is 1. The van der Waals surface area contributed by atoms with Crippen LogP contribution in [-0.4, -0.2) is 52.7 Å². The highest BCUT2D eigenvalue weighted by atomic mass is 35.5. The molecule has 31 heavy (non-hydrogen) atoms. The maximum Gasteiger partial charge on any atom is 0.408 e. The van der Waals surface area contributed by atoms with E-state index in [4.69, 9.17) is 38.4 Å². The van der Waals surface area contributed by atoms with Gasteiger partial charge in [0.15, 0.2) is 0 Å². The van der Waals surface area contributed by atoms with E-state index in [9.17, 15) is 14.4 Å². The van der Waals surface area contributed by atoms with Crippen molar-refractivity contribution in [2.24, 2.45) is 11.7 Å². The molecule has 172 valence electrons. The van der Waals surface area contributed by atoms with Crippen LogP contribution in [0.15, 0.2) is 12.1 Å². The molecule has 1 aromatic rings. The smallest absolute Gasteiger partial charge is 0.408 e. The monoisotopic (exact) mass is 474 g/mol. The molecule has 1 fully saturated rings. The minimum absolute atomic E-state index is 0.0760. The molecule has 1 aromatic heterocycles. The molecule has 3 N–H and O–H groups in total. The first-order valence-electron chi connectivity index (χ1n) is 9.95. The normalized spacial score (nSPS) is 15.8. The van der Waals surface area contributed by atoms with E-state index in [0.717, 1.165) is 0 Å². The molecule has 0 bridgehead atoms. The fourth-order valence-corrected chi connectivity index (χ4v) is 3.74. The predicted octanol–water partition coefficient (Wildman–Crippen LogP) is 3.51. The summed E-state index contributed by atoms with van der Waals surface area (Å²) in [5.74, 6) is -0.500. The zero-order valence-corrected chi connectivity index (χ0v) is 19.3. The molecule has 0 aliphatic carbocycles. The molecule has 2 rings (SSSR count). The lowest BCUT2D eigenvalue weighted by Crippen LogP contribution is -2.47. The van der Waals surface area contributed by atoms with Crippen LogP contribution in [0.2, 0.25) is 10.3 Å². The quantitative estimate of drug-likeness (QED) is 0.480. The van der Waals surface area contributed by atoms with Gasteiger partial charge in [0, 0.05) is 13.1 Å². The fraction of sp³-hybridized carbons (Fsp3) is 0.600. The Kier molecular flexibility index (Phi) is 8.76. The molecule has 0 aromatic carbocycles. The number of piperidine rings is 1. The number of carbonyl (C=O) groups is 3. The van der Waals surface area contributed by atoms with Gasteiger partial charge in [-0.15, -0.1) is 0 Å². The largest absolute Gasteiger partial charge is 0.459 e. The number of nitrogens with zero attached hydrogens (tertiary/aromatic N) is 2. The first-order valence-corrected chi connectivity index (χ1v) is 10.7. The Bertz CT molecular complexity index is 787. The molecule has 1 aliphatic heterocycles. The van der Waals surface area contributed by atoms with Gasteiger partial charge in [-0.2, -0.15) is 0 Å². The number of ether oxygens (including phenoxy) is 2. The third kappa shape index (κ3) is 8.78. The highest BCUT2D eigenvalue weighted by Crippen LogP contribution is 2.23. The van der Waals surface area contributed by atoms with Gasteiger partial charge in [-0.25, -0.2) is 19.4 Å². The zero-order valence-electron chi connectivity index (χ0n) is 17.8. The summed E-state index contributed by atoms with van der Waals surface area (Å²) in [5, 5.41) is 2.98. The number of carbonyl (C=O) groups excluding carboxylic acids is 3. The summed E-state index contributed by atoms with van der Waals surface area (Å²) >= 11 is 11.7. The van der Waals surface area contributed by atoms with Crippen molar-refractivity contribution in [3.05, 3.63) is 28.0 Å². The van der Waals surface area contributed by atoms with Crippen LogP contribution in [0.1, 0.15) is 45.6 Å². The van der Waals surface area contributed by atoms with E-state index in [0.29, 0.717) is 37.9 Å². The second-order valence-electron chi connectivity index (χ2n) is 8.43. The van der Waals surface area contributed by atoms with Crippen LogP contribution in [-0.2, 0) is 20.9 Å². The Balaban J connectivity index is 2.02. The van der Waals surface area contributed by atoms with Crippen molar-refractivity contribution in [1.82, 2.24) is 15.2 Å². The summed E-state index contributed by atoms with van der Waals surface area (Å²) in [6.45, 7) is 6.13. The lowest BCUT2D eigenvalue weighted by Gasteiger charge is -2.32. The molecule has 0 saturated carbocycles. The minimum atomic E-state index is -0.909. The Morgan fingerprint density at radius 2 is 1.81 bits per heavy atom.